The molecule has 0 aliphatic rings. The number of rotatable bonds is 6. The quantitative estimate of drug-likeness (QED) is 0.518. The van der Waals surface area contributed by atoms with Crippen LogP contribution in [0.2, 0.25) is 5.02 Å². The summed E-state index contributed by atoms with van der Waals surface area (Å²) in [5, 5.41) is 11.7. The van der Waals surface area contributed by atoms with Crippen LogP contribution >= 0.6 is 11.6 Å². The lowest BCUT2D eigenvalue weighted by Crippen LogP contribution is -2.36. The Labute approximate surface area is 158 Å². The molecule has 5 nitrogen and oxygen atoms in total. The molecule has 0 saturated heterocycles. The van der Waals surface area contributed by atoms with Gasteiger partial charge in [-0.25, -0.2) is 0 Å². The van der Waals surface area contributed by atoms with Crippen LogP contribution in [0, 0.1) is 0 Å². The highest BCUT2D eigenvalue weighted by Gasteiger charge is 2.05. The van der Waals surface area contributed by atoms with E-state index in [1.54, 1.807) is 13.2 Å². The van der Waals surface area contributed by atoms with Crippen LogP contribution in [0.5, 0.6) is 0 Å². The highest BCUT2D eigenvalue weighted by molar-refractivity contribution is 6.30. The number of hydrogen-bond acceptors (Lipinski definition) is 2. The van der Waals surface area contributed by atoms with Crippen molar-refractivity contribution in [1.82, 2.24) is 20.4 Å². The van der Waals surface area contributed by atoms with Gasteiger partial charge < -0.3 is 10.6 Å². The molecular weight excluding hydrogens is 346 g/mol. The first-order valence-corrected chi connectivity index (χ1v) is 8.85. The van der Waals surface area contributed by atoms with Gasteiger partial charge in [-0.15, -0.1) is 0 Å². The lowest BCUT2D eigenvalue weighted by atomic mass is 10.1. The van der Waals surface area contributed by atoms with E-state index in [9.17, 15) is 0 Å². The summed E-state index contributed by atoms with van der Waals surface area (Å²) in [5.74, 6) is 0.758. The molecule has 0 unspecified atom stereocenters. The van der Waals surface area contributed by atoms with Gasteiger partial charge in [0.2, 0.25) is 0 Å². The maximum Gasteiger partial charge on any atom is 0.191 e. The van der Waals surface area contributed by atoms with E-state index in [-0.39, 0.29) is 0 Å². The molecule has 0 amide bonds. The van der Waals surface area contributed by atoms with Crippen LogP contribution in [0.3, 0.4) is 0 Å². The fraction of sp³-hybridized carbons (Fsp3) is 0.200. The number of hydrogen-bond donors (Lipinski definition) is 2. The fourth-order valence-corrected chi connectivity index (χ4v) is 2.77. The van der Waals surface area contributed by atoms with Crippen molar-refractivity contribution in [3.63, 3.8) is 0 Å². The zero-order chi connectivity index (χ0) is 18.2. The third-order valence-electron chi connectivity index (χ3n) is 4.05. The van der Waals surface area contributed by atoms with Crippen molar-refractivity contribution in [2.24, 2.45) is 4.99 Å². The van der Waals surface area contributed by atoms with Gasteiger partial charge in [0.1, 0.15) is 0 Å². The molecule has 26 heavy (non-hydrogen) atoms. The van der Waals surface area contributed by atoms with Crippen LogP contribution in [0.15, 0.2) is 72.0 Å². The molecular formula is C20H22ClN5. The molecule has 0 spiro atoms. The van der Waals surface area contributed by atoms with Gasteiger partial charge in [-0.1, -0.05) is 48.0 Å². The Morgan fingerprint density at radius 3 is 2.42 bits per heavy atom. The van der Waals surface area contributed by atoms with E-state index in [1.165, 1.54) is 11.1 Å². The molecule has 1 aromatic heterocycles. The molecule has 0 bridgehead atoms. The first kappa shape index (κ1) is 18.0. The smallest absolute Gasteiger partial charge is 0.191 e. The van der Waals surface area contributed by atoms with Crippen LogP contribution in [0.25, 0.3) is 0 Å². The van der Waals surface area contributed by atoms with Crippen molar-refractivity contribution in [1.29, 1.82) is 0 Å². The molecule has 0 saturated carbocycles. The van der Waals surface area contributed by atoms with Crippen molar-refractivity contribution >= 4 is 17.6 Å². The van der Waals surface area contributed by atoms with Gasteiger partial charge in [0.05, 0.1) is 6.54 Å². The maximum atomic E-state index is 5.92. The Kier molecular flexibility index (Phi) is 6.28. The maximum absolute atomic E-state index is 5.92. The molecule has 0 aliphatic carbocycles. The Bertz CT molecular complexity index is 841. The molecule has 3 rings (SSSR count). The van der Waals surface area contributed by atoms with E-state index in [0.717, 1.165) is 23.1 Å². The molecule has 0 radical (unpaired) electrons. The van der Waals surface area contributed by atoms with E-state index >= 15 is 0 Å². The number of nitrogens with zero attached hydrogens (tertiary/aromatic N) is 3. The summed E-state index contributed by atoms with van der Waals surface area (Å²) in [6.45, 7) is 2.13. The van der Waals surface area contributed by atoms with E-state index in [4.69, 9.17) is 11.6 Å². The van der Waals surface area contributed by atoms with E-state index in [1.807, 2.05) is 47.3 Å². The van der Waals surface area contributed by atoms with Crippen LogP contribution in [-0.4, -0.2) is 22.8 Å². The third-order valence-corrected chi connectivity index (χ3v) is 4.31. The predicted molar refractivity (Wildman–Crippen MR) is 106 cm³/mol. The topological polar surface area (TPSA) is 54.2 Å². The van der Waals surface area contributed by atoms with Crippen LogP contribution < -0.4 is 10.6 Å². The van der Waals surface area contributed by atoms with Crippen LogP contribution in [0.4, 0.5) is 0 Å². The molecule has 1 heterocycles. The van der Waals surface area contributed by atoms with Gasteiger partial charge in [0.25, 0.3) is 0 Å². The monoisotopic (exact) mass is 367 g/mol. The SMILES string of the molecule is CN=C(NCc1ccc(Cl)cc1)NCc1ccccc1Cn1cccn1. The highest BCUT2D eigenvalue weighted by Crippen LogP contribution is 2.11. The van der Waals surface area contributed by atoms with Gasteiger partial charge in [-0.05, 0) is 34.9 Å². The molecule has 2 N–H and O–H groups in total. The number of aliphatic imine (C=N–C) groups is 1. The molecule has 0 fully saturated rings. The second-order valence-corrected chi connectivity index (χ2v) is 6.31. The van der Waals surface area contributed by atoms with Gasteiger partial charge >= 0.3 is 0 Å². The normalized spacial score (nSPS) is 11.4. The van der Waals surface area contributed by atoms with E-state index in [2.05, 4.69) is 38.9 Å². The summed E-state index contributed by atoms with van der Waals surface area (Å²) in [4.78, 5) is 4.29. The summed E-state index contributed by atoms with van der Waals surface area (Å²) >= 11 is 5.92. The van der Waals surface area contributed by atoms with Gasteiger partial charge in [-0.3, -0.25) is 9.67 Å². The average molecular weight is 368 g/mol. The van der Waals surface area contributed by atoms with E-state index < -0.39 is 0 Å². The first-order chi connectivity index (χ1) is 12.7. The Hall–Kier alpha value is -2.79. The summed E-state index contributed by atoms with van der Waals surface area (Å²) in [6, 6.07) is 18.1. The molecule has 6 heteroatoms. The predicted octanol–water partition coefficient (Wildman–Crippen LogP) is 3.45. The first-order valence-electron chi connectivity index (χ1n) is 8.48. The molecule has 134 valence electrons. The lowest BCUT2D eigenvalue weighted by Gasteiger charge is -2.14. The average Bonchev–Trinajstić information content (AvgIpc) is 3.17. The van der Waals surface area contributed by atoms with Crippen molar-refractivity contribution in [3.8, 4) is 0 Å². The highest BCUT2D eigenvalue weighted by atomic mass is 35.5. The number of nitrogens with one attached hydrogen (secondary N) is 2. The van der Waals surface area contributed by atoms with Crippen molar-refractivity contribution in [2.45, 2.75) is 19.6 Å². The molecule has 3 aromatic rings. The van der Waals surface area contributed by atoms with Gasteiger partial charge in [0.15, 0.2) is 5.96 Å². The fourth-order valence-electron chi connectivity index (χ4n) is 2.64. The minimum Gasteiger partial charge on any atom is -0.352 e. The minimum atomic E-state index is 0.686. The Morgan fingerprint density at radius 2 is 1.73 bits per heavy atom. The van der Waals surface area contributed by atoms with E-state index in [0.29, 0.717) is 13.1 Å². The Balaban J connectivity index is 1.57. The van der Waals surface area contributed by atoms with Crippen molar-refractivity contribution < 1.29 is 0 Å². The van der Waals surface area contributed by atoms with Crippen LogP contribution in [0.1, 0.15) is 16.7 Å². The molecule has 0 aliphatic heterocycles. The summed E-state index contributed by atoms with van der Waals surface area (Å²) < 4.78 is 1.92. The van der Waals surface area contributed by atoms with Gasteiger partial charge in [-0.2, -0.15) is 5.10 Å². The number of guanidine groups is 1. The lowest BCUT2D eigenvalue weighted by molar-refractivity contribution is 0.677. The van der Waals surface area contributed by atoms with Crippen molar-refractivity contribution in [2.75, 3.05) is 7.05 Å². The second kappa shape index (κ2) is 9.06. The number of halogens is 1. The standard InChI is InChI=1S/C20H22ClN5/c1-22-20(23-13-16-7-9-19(21)10-8-16)24-14-17-5-2-3-6-18(17)15-26-12-4-11-25-26/h2-12H,13-15H2,1H3,(H2,22,23,24). The summed E-state index contributed by atoms with van der Waals surface area (Å²) in [7, 11) is 1.77. The Morgan fingerprint density at radius 1 is 1.00 bits per heavy atom. The largest absolute Gasteiger partial charge is 0.352 e. The molecule has 0 atom stereocenters. The van der Waals surface area contributed by atoms with Crippen LogP contribution in [-0.2, 0) is 19.6 Å². The molecule has 2 aromatic carbocycles. The summed E-state index contributed by atoms with van der Waals surface area (Å²) in [5.41, 5.74) is 3.60. The zero-order valence-corrected chi connectivity index (χ0v) is 15.4. The second-order valence-electron chi connectivity index (χ2n) is 5.88. The van der Waals surface area contributed by atoms with Gasteiger partial charge in [0, 0.05) is 37.6 Å². The third kappa shape index (κ3) is 5.10. The number of benzene rings is 2. The number of aromatic nitrogens is 2. The minimum absolute atomic E-state index is 0.686. The summed E-state index contributed by atoms with van der Waals surface area (Å²) in [6.07, 6.45) is 3.76. The zero-order valence-electron chi connectivity index (χ0n) is 14.7. The van der Waals surface area contributed by atoms with Crippen molar-refractivity contribution in [3.05, 3.63) is 88.7 Å².